The smallest absolute Gasteiger partial charge is 0.265 e. The van der Waals surface area contributed by atoms with Crippen LogP contribution in [0.25, 0.3) is 0 Å². The first-order valence-electron chi connectivity index (χ1n) is 2.86. The van der Waals surface area contributed by atoms with E-state index in [0.29, 0.717) is 0 Å². The van der Waals surface area contributed by atoms with Gasteiger partial charge in [-0.1, -0.05) is 11.6 Å². The minimum atomic E-state index is -1.51. The zero-order chi connectivity index (χ0) is 9.14. The van der Waals surface area contributed by atoms with E-state index in [9.17, 15) is 13.2 Å². The summed E-state index contributed by atoms with van der Waals surface area (Å²) in [6.45, 7) is 0. The Labute approximate surface area is 83.3 Å². The molecule has 0 N–H and O–H groups in total. The SMILES string of the molecule is O=Ic1ccc(Cl)cc1[N+](=O)[O-]. The highest BCUT2D eigenvalue weighted by molar-refractivity contribution is 14.1. The van der Waals surface area contributed by atoms with E-state index in [1.54, 1.807) is 0 Å². The van der Waals surface area contributed by atoms with Gasteiger partial charge in [0.25, 0.3) is 5.69 Å². The Morgan fingerprint density at radius 1 is 1.50 bits per heavy atom. The molecule has 0 aliphatic carbocycles. The van der Waals surface area contributed by atoms with Gasteiger partial charge in [-0.05, 0) is 12.1 Å². The monoisotopic (exact) mass is 299 g/mol. The molecule has 1 aromatic rings. The molecule has 12 heavy (non-hydrogen) atoms. The lowest BCUT2D eigenvalue weighted by Gasteiger charge is -1.93. The van der Waals surface area contributed by atoms with Gasteiger partial charge in [-0.25, -0.2) is 0 Å². The Balaban J connectivity index is 3.30. The lowest BCUT2D eigenvalue weighted by atomic mass is 10.3. The first-order valence-corrected chi connectivity index (χ1v) is 5.20. The van der Waals surface area contributed by atoms with Crippen LogP contribution in [-0.2, 0) is 3.07 Å². The lowest BCUT2D eigenvalue weighted by molar-refractivity contribution is -0.385. The van der Waals surface area contributed by atoms with Crippen LogP contribution in [0.3, 0.4) is 0 Å². The second-order valence-electron chi connectivity index (χ2n) is 1.93. The maximum Gasteiger partial charge on any atom is 0.286 e. The van der Waals surface area contributed by atoms with E-state index in [-0.39, 0.29) is 14.3 Å². The van der Waals surface area contributed by atoms with Gasteiger partial charge in [-0.2, -0.15) is 0 Å². The molecule has 0 bridgehead atoms. The zero-order valence-electron chi connectivity index (χ0n) is 5.66. The van der Waals surface area contributed by atoms with Crippen LogP contribution in [0.15, 0.2) is 18.2 Å². The second kappa shape index (κ2) is 3.90. The predicted molar refractivity (Wildman–Crippen MR) is 51.5 cm³/mol. The van der Waals surface area contributed by atoms with E-state index in [4.69, 9.17) is 11.6 Å². The zero-order valence-corrected chi connectivity index (χ0v) is 8.57. The van der Waals surface area contributed by atoms with Gasteiger partial charge in [-0.3, -0.25) is 13.2 Å². The fourth-order valence-electron chi connectivity index (χ4n) is 0.691. The molecule has 0 heterocycles. The number of nitro benzene ring substituents is 1. The van der Waals surface area contributed by atoms with Crippen LogP contribution in [0.5, 0.6) is 0 Å². The Morgan fingerprint density at radius 2 is 2.17 bits per heavy atom. The summed E-state index contributed by atoms with van der Waals surface area (Å²) in [6, 6.07) is 4.11. The Hall–Kier alpha value is -0.560. The van der Waals surface area contributed by atoms with Crippen molar-refractivity contribution in [2.45, 2.75) is 0 Å². The molecular weight excluding hydrogens is 296 g/mol. The van der Waals surface area contributed by atoms with E-state index in [0.717, 1.165) is 0 Å². The first-order chi connectivity index (χ1) is 5.65. The van der Waals surface area contributed by atoms with Gasteiger partial charge in [0.05, 0.1) is 4.92 Å². The highest BCUT2D eigenvalue weighted by atomic mass is 127. The summed E-state index contributed by atoms with van der Waals surface area (Å²) in [6.07, 6.45) is 0. The third-order valence-electron chi connectivity index (χ3n) is 1.19. The minimum absolute atomic E-state index is 0.162. The Kier molecular flexibility index (Phi) is 3.10. The maximum atomic E-state index is 10.5. The molecule has 1 rings (SSSR count). The van der Waals surface area contributed by atoms with E-state index in [1.807, 2.05) is 0 Å². The maximum absolute atomic E-state index is 10.5. The van der Waals surface area contributed by atoms with Crippen LogP contribution in [0.1, 0.15) is 0 Å². The van der Waals surface area contributed by atoms with Crippen LogP contribution in [0.4, 0.5) is 5.69 Å². The number of nitrogens with zero attached hydrogens (tertiary/aromatic N) is 1. The molecule has 0 spiro atoms. The molecule has 4 nitrogen and oxygen atoms in total. The van der Waals surface area contributed by atoms with Gasteiger partial charge >= 0.3 is 0 Å². The molecule has 0 saturated heterocycles. The number of halogens is 2. The molecule has 6 heteroatoms. The molecule has 0 saturated carbocycles. The molecule has 0 aliphatic heterocycles. The molecule has 0 unspecified atom stereocenters. The van der Waals surface area contributed by atoms with Crippen molar-refractivity contribution in [2.75, 3.05) is 0 Å². The molecular formula is C6H3ClINO3. The van der Waals surface area contributed by atoms with Crippen molar-refractivity contribution in [3.8, 4) is 0 Å². The van der Waals surface area contributed by atoms with Gasteiger partial charge in [0.1, 0.15) is 3.57 Å². The van der Waals surface area contributed by atoms with Gasteiger partial charge in [0.2, 0.25) is 0 Å². The highest BCUT2D eigenvalue weighted by Gasteiger charge is 2.13. The Bertz CT molecular complexity index is 342. The minimum Gasteiger partial charge on any atom is -0.265 e. The van der Waals surface area contributed by atoms with Crippen molar-refractivity contribution < 1.29 is 7.99 Å². The number of rotatable bonds is 2. The van der Waals surface area contributed by atoms with Crippen molar-refractivity contribution in [3.63, 3.8) is 0 Å². The number of benzene rings is 1. The molecule has 0 radical (unpaired) electrons. The summed E-state index contributed by atoms with van der Waals surface area (Å²) < 4.78 is 10.8. The van der Waals surface area contributed by atoms with Crippen molar-refractivity contribution in [1.29, 1.82) is 0 Å². The van der Waals surface area contributed by atoms with Gasteiger partial charge in [0, 0.05) is 11.1 Å². The standard InChI is InChI=1S/C6H3ClINO3/c7-4-1-2-5(8-10)6(3-4)9(11)12/h1-3H. The number of hydrogen-bond acceptors (Lipinski definition) is 3. The second-order valence-corrected chi connectivity index (χ2v) is 3.97. The van der Waals surface area contributed by atoms with Crippen molar-refractivity contribution in [2.24, 2.45) is 0 Å². The fourth-order valence-corrected chi connectivity index (χ4v) is 1.76. The topological polar surface area (TPSA) is 60.2 Å². The van der Waals surface area contributed by atoms with Crippen LogP contribution in [0.2, 0.25) is 5.02 Å². The predicted octanol–water partition coefficient (Wildman–Crippen LogP) is 2.73. The van der Waals surface area contributed by atoms with E-state index < -0.39 is 26.1 Å². The molecule has 0 atom stereocenters. The van der Waals surface area contributed by atoms with Crippen molar-refractivity contribution in [3.05, 3.63) is 36.9 Å². The average molecular weight is 299 g/mol. The number of nitro groups is 1. The van der Waals surface area contributed by atoms with Crippen LogP contribution in [-0.4, -0.2) is 4.92 Å². The summed E-state index contributed by atoms with van der Waals surface area (Å²) in [7, 11) is 0. The lowest BCUT2D eigenvalue weighted by Crippen LogP contribution is -1.90. The van der Waals surface area contributed by atoms with Crippen molar-refractivity contribution >= 4 is 38.5 Å². The highest BCUT2D eigenvalue weighted by Crippen LogP contribution is 2.26. The third kappa shape index (κ3) is 1.98. The van der Waals surface area contributed by atoms with E-state index in [2.05, 4.69) is 0 Å². The first kappa shape index (κ1) is 9.53. The normalized spacial score (nSPS) is 9.75. The summed E-state index contributed by atoms with van der Waals surface area (Å²) in [5, 5.41) is 10.6. The molecule has 0 fully saturated rings. The number of hydrogen-bond donors (Lipinski definition) is 0. The molecule has 0 amide bonds. The molecule has 0 aromatic heterocycles. The summed E-state index contributed by atoms with van der Waals surface area (Å²) in [5.41, 5.74) is -0.162. The van der Waals surface area contributed by atoms with Crippen LogP contribution in [0, 0.1) is 13.7 Å². The van der Waals surface area contributed by atoms with Gasteiger partial charge in [0.15, 0.2) is 21.2 Å². The fraction of sp³-hybridized carbons (Fsp3) is 0. The molecule has 1 aromatic carbocycles. The average Bonchev–Trinajstić information content (AvgIpc) is 2.04. The van der Waals surface area contributed by atoms with E-state index in [1.165, 1.54) is 18.2 Å². The molecule has 0 aliphatic rings. The van der Waals surface area contributed by atoms with Gasteiger partial charge < -0.3 is 0 Å². The molecule has 64 valence electrons. The van der Waals surface area contributed by atoms with Crippen molar-refractivity contribution in [1.82, 2.24) is 0 Å². The summed E-state index contributed by atoms with van der Waals surface area (Å²) in [4.78, 5) is 9.77. The Morgan fingerprint density at radius 3 is 2.67 bits per heavy atom. The quantitative estimate of drug-likeness (QED) is 0.479. The third-order valence-corrected chi connectivity index (χ3v) is 2.81. The summed E-state index contributed by atoms with van der Waals surface area (Å²) in [5.74, 6) is 0. The van der Waals surface area contributed by atoms with Crippen LogP contribution < -0.4 is 0 Å². The van der Waals surface area contributed by atoms with Gasteiger partial charge in [-0.15, -0.1) is 0 Å². The summed E-state index contributed by atoms with van der Waals surface area (Å²) >= 11 is 4.01. The van der Waals surface area contributed by atoms with E-state index >= 15 is 0 Å². The largest absolute Gasteiger partial charge is 0.286 e. The van der Waals surface area contributed by atoms with Crippen LogP contribution >= 0.6 is 32.8 Å².